The molecule has 0 fully saturated rings. The van der Waals surface area contributed by atoms with Crippen LogP contribution >= 0.6 is 23.2 Å². The van der Waals surface area contributed by atoms with E-state index in [4.69, 9.17) is 23.2 Å². The molecule has 7 nitrogen and oxygen atoms in total. The van der Waals surface area contributed by atoms with Gasteiger partial charge in [-0.25, -0.2) is 8.42 Å². The van der Waals surface area contributed by atoms with Crippen LogP contribution in [0.2, 0.25) is 10.0 Å². The first-order valence-corrected chi connectivity index (χ1v) is 12.2. The van der Waals surface area contributed by atoms with Gasteiger partial charge < -0.3 is 10.2 Å². The van der Waals surface area contributed by atoms with E-state index in [9.17, 15) is 18.0 Å². The lowest BCUT2D eigenvalue weighted by Crippen LogP contribution is -2.51. The van der Waals surface area contributed by atoms with E-state index in [1.807, 2.05) is 0 Å². The molecule has 0 saturated carbocycles. The Kier molecular flexibility index (Phi) is 8.73. The molecular formula is C21H25Cl2N3O4S. The van der Waals surface area contributed by atoms with E-state index in [1.165, 1.54) is 11.0 Å². The summed E-state index contributed by atoms with van der Waals surface area (Å²) in [6, 6.07) is 12.3. The van der Waals surface area contributed by atoms with Gasteiger partial charge in [0.2, 0.25) is 21.8 Å². The predicted octanol–water partition coefficient (Wildman–Crippen LogP) is 3.31. The molecule has 0 bridgehead atoms. The van der Waals surface area contributed by atoms with Crippen molar-refractivity contribution < 1.29 is 18.0 Å². The van der Waals surface area contributed by atoms with Crippen molar-refractivity contribution in [2.24, 2.45) is 0 Å². The van der Waals surface area contributed by atoms with Crippen LogP contribution in [0.1, 0.15) is 19.4 Å². The SMILES string of the molecule is CCNC(=O)[C@@H](C)N(Cc1cccc(Cl)c1)C(=O)CN(c1cccc(Cl)c1)S(C)(=O)=O. The van der Waals surface area contributed by atoms with Crippen molar-refractivity contribution in [1.82, 2.24) is 10.2 Å². The number of rotatable bonds is 9. The van der Waals surface area contributed by atoms with Crippen molar-refractivity contribution in [3.05, 3.63) is 64.1 Å². The van der Waals surface area contributed by atoms with Crippen LogP contribution in [-0.4, -0.2) is 50.5 Å². The first-order chi connectivity index (χ1) is 14.5. The molecule has 0 aliphatic carbocycles. The molecule has 2 aromatic carbocycles. The highest BCUT2D eigenvalue weighted by Gasteiger charge is 2.30. The minimum Gasteiger partial charge on any atom is -0.355 e. The Morgan fingerprint density at radius 1 is 1.06 bits per heavy atom. The van der Waals surface area contributed by atoms with Crippen LogP contribution in [0.15, 0.2) is 48.5 Å². The van der Waals surface area contributed by atoms with Gasteiger partial charge in [-0.1, -0.05) is 41.4 Å². The number of carbonyl (C=O) groups excluding carboxylic acids is 2. The Balaban J connectivity index is 2.38. The quantitative estimate of drug-likeness (QED) is 0.589. The van der Waals surface area contributed by atoms with Gasteiger partial charge in [0, 0.05) is 23.1 Å². The van der Waals surface area contributed by atoms with Crippen LogP contribution in [0.5, 0.6) is 0 Å². The third-order valence-electron chi connectivity index (χ3n) is 4.54. The maximum atomic E-state index is 13.3. The van der Waals surface area contributed by atoms with Crippen molar-refractivity contribution in [2.45, 2.75) is 26.4 Å². The molecule has 1 N–H and O–H groups in total. The Labute approximate surface area is 193 Å². The van der Waals surface area contributed by atoms with Gasteiger partial charge in [-0.15, -0.1) is 0 Å². The predicted molar refractivity (Wildman–Crippen MR) is 124 cm³/mol. The fourth-order valence-corrected chi connectivity index (χ4v) is 4.22. The fourth-order valence-electron chi connectivity index (χ4n) is 2.98. The third kappa shape index (κ3) is 7.12. The lowest BCUT2D eigenvalue weighted by molar-refractivity contribution is -0.139. The molecule has 0 heterocycles. The average Bonchev–Trinajstić information content (AvgIpc) is 2.69. The molecule has 10 heteroatoms. The molecule has 0 radical (unpaired) electrons. The number of benzene rings is 2. The van der Waals surface area contributed by atoms with Crippen molar-refractivity contribution >= 4 is 50.7 Å². The maximum Gasteiger partial charge on any atom is 0.244 e. The van der Waals surface area contributed by atoms with Crippen LogP contribution in [0, 0.1) is 0 Å². The zero-order chi connectivity index (χ0) is 23.2. The Morgan fingerprint density at radius 3 is 2.23 bits per heavy atom. The molecule has 0 aliphatic rings. The van der Waals surface area contributed by atoms with Gasteiger partial charge in [-0.05, 0) is 49.7 Å². The number of halogens is 2. The molecule has 168 valence electrons. The van der Waals surface area contributed by atoms with E-state index in [0.29, 0.717) is 22.2 Å². The number of hydrogen-bond acceptors (Lipinski definition) is 4. The molecule has 1 atom stereocenters. The van der Waals surface area contributed by atoms with Crippen molar-refractivity contribution in [2.75, 3.05) is 23.7 Å². The van der Waals surface area contributed by atoms with Crippen molar-refractivity contribution in [1.29, 1.82) is 0 Å². The number of carbonyl (C=O) groups is 2. The van der Waals surface area contributed by atoms with Gasteiger partial charge in [0.05, 0.1) is 11.9 Å². The van der Waals surface area contributed by atoms with Crippen molar-refractivity contribution in [3.63, 3.8) is 0 Å². The summed E-state index contributed by atoms with van der Waals surface area (Å²) in [6.45, 7) is 3.38. The number of nitrogens with zero attached hydrogens (tertiary/aromatic N) is 2. The first kappa shape index (κ1) is 25.0. The van der Waals surface area contributed by atoms with Gasteiger partial charge >= 0.3 is 0 Å². The monoisotopic (exact) mass is 485 g/mol. The summed E-state index contributed by atoms with van der Waals surface area (Å²) in [5.74, 6) is -0.879. The van der Waals surface area contributed by atoms with Crippen LogP contribution in [0.3, 0.4) is 0 Å². The normalized spacial score (nSPS) is 12.2. The van der Waals surface area contributed by atoms with Crippen LogP contribution < -0.4 is 9.62 Å². The second-order valence-electron chi connectivity index (χ2n) is 6.97. The first-order valence-electron chi connectivity index (χ1n) is 9.57. The molecule has 0 aliphatic heterocycles. The number of amides is 2. The van der Waals surface area contributed by atoms with Gasteiger partial charge in [-0.3, -0.25) is 13.9 Å². The van der Waals surface area contributed by atoms with E-state index in [2.05, 4.69) is 5.32 Å². The number of anilines is 1. The molecule has 0 unspecified atom stereocenters. The van der Waals surface area contributed by atoms with E-state index in [1.54, 1.807) is 56.3 Å². The molecule has 2 rings (SSSR count). The summed E-state index contributed by atoms with van der Waals surface area (Å²) < 4.78 is 25.8. The number of hydrogen-bond donors (Lipinski definition) is 1. The summed E-state index contributed by atoms with van der Waals surface area (Å²) in [6.07, 6.45) is 1.01. The second-order valence-corrected chi connectivity index (χ2v) is 9.75. The van der Waals surface area contributed by atoms with Crippen molar-refractivity contribution in [3.8, 4) is 0 Å². The zero-order valence-corrected chi connectivity index (χ0v) is 19.8. The molecule has 2 amide bonds. The Hall–Kier alpha value is -2.29. The zero-order valence-electron chi connectivity index (χ0n) is 17.5. The van der Waals surface area contributed by atoms with Crippen LogP contribution in [-0.2, 0) is 26.2 Å². The lowest BCUT2D eigenvalue weighted by atomic mass is 10.1. The lowest BCUT2D eigenvalue weighted by Gasteiger charge is -2.31. The fraction of sp³-hybridized carbons (Fsp3) is 0.333. The van der Waals surface area contributed by atoms with Crippen LogP contribution in [0.4, 0.5) is 5.69 Å². The van der Waals surface area contributed by atoms with E-state index >= 15 is 0 Å². The average molecular weight is 486 g/mol. The smallest absolute Gasteiger partial charge is 0.244 e. The molecule has 0 saturated heterocycles. The summed E-state index contributed by atoms with van der Waals surface area (Å²) in [7, 11) is -3.79. The van der Waals surface area contributed by atoms with Gasteiger partial charge in [0.25, 0.3) is 0 Å². The summed E-state index contributed by atoms with van der Waals surface area (Å²) in [5.41, 5.74) is 0.974. The summed E-state index contributed by atoms with van der Waals surface area (Å²) in [4.78, 5) is 27.1. The van der Waals surface area contributed by atoms with E-state index in [-0.39, 0.29) is 18.1 Å². The Morgan fingerprint density at radius 2 is 1.68 bits per heavy atom. The van der Waals surface area contributed by atoms with E-state index in [0.717, 1.165) is 10.6 Å². The highest BCUT2D eigenvalue weighted by molar-refractivity contribution is 7.92. The molecule has 31 heavy (non-hydrogen) atoms. The minimum absolute atomic E-state index is 0.0881. The topological polar surface area (TPSA) is 86.8 Å². The van der Waals surface area contributed by atoms with E-state index < -0.39 is 28.5 Å². The van der Waals surface area contributed by atoms with Gasteiger partial charge in [0.1, 0.15) is 12.6 Å². The number of nitrogens with one attached hydrogen (secondary N) is 1. The molecular weight excluding hydrogens is 461 g/mol. The van der Waals surface area contributed by atoms with Gasteiger partial charge in [-0.2, -0.15) is 0 Å². The summed E-state index contributed by atoms with van der Waals surface area (Å²) in [5, 5.41) is 3.52. The Bertz CT molecular complexity index is 1050. The minimum atomic E-state index is -3.79. The largest absolute Gasteiger partial charge is 0.355 e. The summed E-state index contributed by atoms with van der Waals surface area (Å²) >= 11 is 12.1. The standard InChI is InChI=1S/C21H25Cl2N3O4S/c1-4-24-21(28)15(2)25(13-16-7-5-8-17(22)11-16)20(27)14-26(31(3,29)30)19-10-6-9-18(23)12-19/h5-12,15H,4,13-14H2,1-3H3,(H,24,28)/t15-/m1/s1. The highest BCUT2D eigenvalue weighted by atomic mass is 35.5. The second kappa shape index (κ2) is 10.8. The van der Waals surface area contributed by atoms with Gasteiger partial charge in [0.15, 0.2) is 0 Å². The third-order valence-corrected chi connectivity index (χ3v) is 6.15. The maximum absolute atomic E-state index is 13.3. The molecule has 0 spiro atoms. The molecule has 0 aromatic heterocycles. The number of likely N-dealkylation sites (N-methyl/N-ethyl adjacent to an activating group) is 1. The number of sulfonamides is 1. The highest BCUT2D eigenvalue weighted by Crippen LogP contribution is 2.23. The molecule has 2 aromatic rings. The van der Waals surface area contributed by atoms with Crippen LogP contribution in [0.25, 0.3) is 0 Å².